The Bertz CT molecular complexity index is 140. The first-order chi connectivity index (χ1) is 5.84. The van der Waals surface area contributed by atoms with Gasteiger partial charge in [0.2, 0.25) is 0 Å². The molecule has 70 valence electrons. The molecule has 0 aromatic rings. The second-order valence-electron chi connectivity index (χ2n) is 4.80. The summed E-state index contributed by atoms with van der Waals surface area (Å²) >= 11 is 0. The van der Waals surface area contributed by atoms with Gasteiger partial charge in [-0.2, -0.15) is 0 Å². The van der Waals surface area contributed by atoms with E-state index in [1.807, 2.05) is 0 Å². The summed E-state index contributed by atoms with van der Waals surface area (Å²) in [5, 5.41) is 3.68. The maximum atomic E-state index is 3.68. The molecule has 0 amide bonds. The molecule has 0 aliphatic heterocycles. The van der Waals surface area contributed by atoms with E-state index in [0.29, 0.717) is 0 Å². The molecule has 0 spiro atoms. The summed E-state index contributed by atoms with van der Waals surface area (Å²) in [6.07, 6.45) is 8.73. The zero-order valence-corrected chi connectivity index (χ0v) is 8.18. The number of rotatable bonds is 4. The maximum Gasteiger partial charge on any atom is 0.00697 e. The minimum atomic E-state index is 0.860. The zero-order valence-electron chi connectivity index (χ0n) is 8.18. The Morgan fingerprint density at radius 3 is 2.58 bits per heavy atom. The molecule has 0 aromatic heterocycles. The predicted octanol–water partition coefficient (Wildman–Crippen LogP) is 2.56. The Balaban J connectivity index is 1.54. The molecule has 0 bridgehead atoms. The largest absolute Gasteiger partial charge is 0.314 e. The molecule has 2 unspecified atom stereocenters. The maximum absolute atomic E-state index is 3.68. The lowest BCUT2D eigenvalue weighted by atomic mass is 10.1. The molecule has 2 aliphatic rings. The van der Waals surface area contributed by atoms with Gasteiger partial charge >= 0.3 is 0 Å². The van der Waals surface area contributed by atoms with Crippen molar-refractivity contribution in [1.29, 1.82) is 0 Å². The molecule has 0 heterocycles. The zero-order chi connectivity index (χ0) is 8.39. The number of hydrogen-bond donors (Lipinski definition) is 1. The molecule has 2 saturated carbocycles. The molecule has 0 aromatic carbocycles. The standard InChI is InChI=1S/C11H21N/c1-9-2-5-11(8-9)12-7-6-10-3-4-10/h9-12H,2-8H2,1H3. The third kappa shape index (κ3) is 2.48. The van der Waals surface area contributed by atoms with Crippen LogP contribution in [0.1, 0.15) is 45.4 Å². The van der Waals surface area contributed by atoms with Gasteiger partial charge in [-0.05, 0) is 44.1 Å². The van der Waals surface area contributed by atoms with Crippen LogP contribution in [0.5, 0.6) is 0 Å². The summed E-state index contributed by atoms with van der Waals surface area (Å²) in [6.45, 7) is 3.66. The smallest absolute Gasteiger partial charge is 0.00697 e. The second-order valence-corrected chi connectivity index (χ2v) is 4.80. The van der Waals surface area contributed by atoms with Gasteiger partial charge in [-0.1, -0.05) is 19.8 Å². The summed E-state index contributed by atoms with van der Waals surface area (Å²) in [4.78, 5) is 0. The van der Waals surface area contributed by atoms with E-state index in [1.54, 1.807) is 0 Å². The lowest BCUT2D eigenvalue weighted by Gasteiger charge is -2.11. The van der Waals surface area contributed by atoms with Crippen LogP contribution in [0.3, 0.4) is 0 Å². The summed E-state index contributed by atoms with van der Waals surface area (Å²) in [7, 11) is 0. The quantitative estimate of drug-likeness (QED) is 0.678. The van der Waals surface area contributed by atoms with Crippen LogP contribution in [0, 0.1) is 11.8 Å². The SMILES string of the molecule is CC1CCC(NCCC2CC2)C1. The highest BCUT2D eigenvalue weighted by Crippen LogP contribution is 2.32. The van der Waals surface area contributed by atoms with Crippen LogP contribution in [0.25, 0.3) is 0 Å². The van der Waals surface area contributed by atoms with Gasteiger partial charge in [0.1, 0.15) is 0 Å². The molecule has 1 nitrogen and oxygen atoms in total. The van der Waals surface area contributed by atoms with E-state index >= 15 is 0 Å². The van der Waals surface area contributed by atoms with Gasteiger partial charge in [0.25, 0.3) is 0 Å². The van der Waals surface area contributed by atoms with Crippen LogP contribution in [0.15, 0.2) is 0 Å². The third-order valence-electron chi connectivity index (χ3n) is 3.38. The molecular weight excluding hydrogens is 146 g/mol. The van der Waals surface area contributed by atoms with E-state index in [9.17, 15) is 0 Å². The highest BCUT2D eigenvalue weighted by Gasteiger charge is 2.23. The Kier molecular flexibility index (Phi) is 2.69. The average Bonchev–Trinajstić information content (AvgIpc) is 2.76. The van der Waals surface area contributed by atoms with Crippen molar-refractivity contribution in [2.45, 2.75) is 51.5 Å². The Labute approximate surface area is 75.9 Å². The number of nitrogens with one attached hydrogen (secondary N) is 1. The first kappa shape index (κ1) is 8.55. The van der Waals surface area contributed by atoms with Crippen LogP contribution >= 0.6 is 0 Å². The van der Waals surface area contributed by atoms with Gasteiger partial charge in [0, 0.05) is 6.04 Å². The minimum Gasteiger partial charge on any atom is -0.314 e. The number of hydrogen-bond acceptors (Lipinski definition) is 1. The molecular formula is C11H21N. The molecule has 2 fully saturated rings. The van der Waals surface area contributed by atoms with Gasteiger partial charge in [-0.25, -0.2) is 0 Å². The lowest BCUT2D eigenvalue weighted by Crippen LogP contribution is -2.27. The van der Waals surface area contributed by atoms with Gasteiger partial charge < -0.3 is 5.32 Å². The van der Waals surface area contributed by atoms with Crippen LogP contribution in [-0.2, 0) is 0 Å². The van der Waals surface area contributed by atoms with E-state index in [-0.39, 0.29) is 0 Å². The summed E-state index contributed by atoms with van der Waals surface area (Å²) in [5.74, 6) is 2.07. The van der Waals surface area contributed by atoms with E-state index in [4.69, 9.17) is 0 Å². The molecule has 0 radical (unpaired) electrons. The van der Waals surface area contributed by atoms with E-state index < -0.39 is 0 Å². The fourth-order valence-corrected chi connectivity index (χ4v) is 2.29. The van der Waals surface area contributed by atoms with Crippen LogP contribution in [0.2, 0.25) is 0 Å². The normalized spacial score (nSPS) is 35.8. The van der Waals surface area contributed by atoms with Crippen molar-refractivity contribution in [2.24, 2.45) is 11.8 Å². The van der Waals surface area contributed by atoms with Crippen molar-refractivity contribution < 1.29 is 0 Å². The summed E-state index contributed by atoms with van der Waals surface area (Å²) in [6, 6.07) is 0.860. The van der Waals surface area contributed by atoms with Crippen molar-refractivity contribution in [3.63, 3.8) is 0 Å². The van der Waals surface area contributed by atoms with E-state index in [1.165, 1.54) is 45.1 Å². The van der Waals surface area contributed by atoms with Gasteiger partial charge in [0.15, 0.2) is 0 Å². The van der Waals surface area contributed by atoms with Crippen molar-refractivity contribution in [2.75, 3.05) is 6.54 Å². The fraction of sp³-hybridized carbons (Fsp3) is 1.00. The Morgan fingerprint density at radius 1 is 1.17 bits per heavy atom. The molecule has 1 heteroatoms. The molecule has 12 heavy (non-hydrogen) atoms. The monoisotopic (exact) mass is 167 g/mol. The predicted molar refractivity (Wildman–Crippen MR) is 52.1 cm³/mol. The lowest BCUT2D eigenvalue weighted by molar-refractivity contribution is 0.486. The van der Waals surface area contributed by atoms with Crippen LogP contribution < -0.4 is 5.32 Å². The Morgan fingerprint density at radius 2 is 2.00 bits per heavy atom. The molecule has 2 aliphatic carbocycles. The van der Waals surface area contributed by atoms with Gasteiger partial charge in [-0.15, -0.1) is 0 Å². The molecule has 2 rings (SSSR count). The van der Waals surface area contributed by atoms with Crippen LogP contribution in [0.4, 0.5) is 0 Å². The second kappa shape index (κ2) is 3.78. The average molecular weight is 167 g/mol. The first-order valence-corrected chi connectivity index (χ1v) is 5.58. The van der Waals surface area contributed by atoms with Crippen molar-refractivity contribution in [1.82, 2.24) is 5.32 Å². The Hall–Kier alpha value is -0.0400. The minimum absolute atomic E-state index is 0.860. The van der Waals surface area contributed by atoms with Crippen LogP contribution in [-0.4, -0.2) is 12.6 Å². The molecule has 1 N–H and O–H groups in total. The highest BCUT2D eigenvalue weighted by atomic mass is 14.9. The van der Waals surface area contributed by atoms with Crippen molar-refractivity contribution in [3.05, 3.63) is 0 Å². The molecule has 2 atom stereocenters. The third-order valence-corrected chi connectivity index (χ3v) is 3.38. The highest BCUT2D eigenvalue weighted by molar-refractivity contribution is 4.80. The topological polar surface area (TPSA) is 12.0 Å². The fourth-order valence-electron chi connectivity index (χ4n) is 2.29. The van der Waals surface area contributed by atoms with E-state index in [0.717, 1.165) is 17.9 Å². The van der Waals surface area contributed by atoms with Gasteiger partial charge in [0.05, 0.1) is 0 Å². The van der Waals surface area contributed by atoms with Crippen molar-refractivity contribution in [3.8, 4) is 0 Å². The van der Waals surface area contributed by atoms with E-state index in [2.05, 4.69) is 12.2 Å². The molecule has 0 saturated heterocycles. The van der Waals surface area contributed by atoms with Gasteiger partial charge in [-0.3, -0.25) is 0 Å². The summed E-state index contributed by atoms with van der Waals surface area (Å²) < 4.78 is 0. The summed E-state index contributed by atoms with van der Waals surface area (Å²) in [5.41, 5.74) is 0. The van der Waals surface area contributed by atoms with Crippen molar-refractivity contribution >= 4 is 0 Å². The first-order valence-electron chi connectivity index (χ1n) is 5.58.